The molecule has 2 nitrogen and oxygen atoms in total. The van der Waals surface area contributed by atoms with Gasteiger partial charge in [-0.2, -0.15) is 8.78 Å². The number of nitrogens with one attached hydrogen (secondary N) is 1. The molecular weight excluding hydrogens is 176 g/mol. The highest BCUT2D eigenvalue weighted by Gasteiger charge is 2.27. The van der Waals surface area contributed by atoms with Gasteiger partial charge in [0, 0.05) is 12.3 Å². The second-order valence-electron chi connectivity index (χ2n) is 1.94. The average Bonchev–Trinajstić information content (AvgIpc) is 1.86. The monoisotopic (exact) mass is 179 g/mol. The first-order valence-corrected chi connectivity index (χ1v) is 3.14. The quantitative estimate of drug-likeness (QED) is 0.654. The summed E-state index contributed by atoms with van der Waals surface area (Å²) in [6.45, 7) is 0. The average molecular weight is 180 g/mol. The van der Waals surface area contributed by atoms with Gasteiger partial charge in [0.15, 0.2) is 0 Å². The van der Waals surface area contributed by atoms with Crippen molar-refractivity contribution in [1.29, 1.82) is 0 Å². The molecule has 0 saturated carbocycles. The smallest absolute Gasteiger partial charge is 0.329 e. The van der Waals surface area contributed by atoms with E-state index in [1.54, 1.807) is 0 Å². The third-order valence-corrected chi connectivity index (χ3v) is 1.33. The molecule has 11 heavy (non-hydrogen) atoms. The number of alkyl halides is 3. The van der Waals surface area contributed by atoms with E-state index in [4.69, 9.17) is 0 Å². The number of aromatic nitrogens is 1. The molecule has 0 saturated heterocycles. The zero-order valence-corrected chi connectivity index (χ0v) is 6.03. The van der Waals surface area contributed by atoms with E-state index in [1.165, 1.54) is 0 Å². The van der Waals surface area contributed by atoms with Gasteiger partial charge in [-0.1, -0.05) is 0 Å². The van der Waals surface area contributed by atoms with Crippen LogP contribution >= 0.6 is 11.6 Å². The van der Waals surface area contributed by atoms with E-state index >= 15 is 0 Å². The van der Waals surface area contributed by atoms with E-state index in [0.29, 0.717) is 0 Å². The largest absolute Gasteiger partial charge is 0.349 e. The molecule has 0 bridgehead atoms. The van der Waals surface area contributed by atoms with Crippen LogP contribution in [0, 0.1) is 0 Å². The molecule has 0 spiro atoms. The van der Waals surface area contributed by atoms with Gasteiger partial charge in [-0.05, 0) is 17.7 Å². The first-order valence-electron chi connectivity index (χ1n) is 2.76. The maximum absolute atomic E-state index is 12.2. The Morgan fingerprint density at radius 3 is 2.45 bits per heavy atom. The van der Waals surface area contributed by atoms with Gasteiger partial charge in [0.25, 0.3) is 0 Å². The van der Waals surface area contributed by atoms with Crippen molar-refractivity contribution >= 4 is 11.6 Å². The van der Waals surface area contributed by atoms with Gasteiger partial charge in [0.05, 0.1) is 5.56 Å². The van der Waals surface area contributed by atoms with Crippen molar-refractivity contribution in [3.8, 4) is 0 Å². The van der Waals surface area contributed by atoms with E-state index in [-0.39, 0.29) is 0 Å². The molecule has 0 aliphatic heterocycles. The van der Waals surface area contributed by atoms with Crippen LogP contribution in [0.3, 0.4) is 0 Å². The van der Waals surface area contributed by atoms with Crippen LogP contribution in [0.5, 0.6) is 0 Å². The molecule has 0 amide bonds. The van der Waals surface area contributed by atoms with Gasteiger partial charge in [-0.3, -0.25) is 4.79 Å². The third kappa shape index (κ3) is 2.01. The summed E-state index contributed by atoms with van der Waals surface area (Å²) in [6, 6.07) is 1.97. The Kier molecular flexibility index (Phi) is 1.95. The zero-order valence-electron chi connectivity index (χ0n) is 5.27. The summed E-state index contributed by atoms with van der Waals surface area (Å²) in [6.07, 6.45) is 0.884. The minimum Gasteiger partial charge on any atom is -0.329 e. The molecule has 0 unspecified atom stereocenters. The molecule has 1 aromatic rings. The van der Waals surface area contributed by atoms with Crippen LogP contribution < -0.4 is 5.56 Å². The van der Waals surface area contributed by atoms with E-state index in [1.807, 2.05) is 0 Å². The molecule has 0 aliphatic rings. The Labute approximate surface area is 65.8 Å². The van der Waals surface area contributed by atoms with E-state index < -0.39 is 16.5 Å². The van der Waals surface area contributed by atoms with Crippen molar-refractivity contribution in [3.05, 3.63) is 34.2 Å². The third-order valence-electron chi connectivity index (χ3n) is 1.11. The van der Waals surface area contributed by atoms with Gasteiger partial charge in [-0.15, -0.1) is 0 Å². The lowest BCUT2D eigenvalue weighted by atomic mass is 10.3. The molecule has 1 N–H and O–H groups in total. The maximum atomic E-state index is 12.2. The molecule has 1 rings (SSSR count). The van der Waals surface area contributed by atoms with Crippen LogP contribution in [0.1, 0.15) is 5.56 Å². The van der Waals surface area contributed by atoms with Crippen molar-refractivity contribution in [2.45, 2.75) is 5.38 Å². The summed E-state index contributed by atoms with van der Waals surface area (Å²) in [5.74, 6) is 0. The summed E-state index contributed by atoms with van der Waals surface area (Å²) in [4.78, 5) is 12.5. The van der Waals surface area contributed by atoms with Gasteiger partial charge in [0.2, 0.25) is 5.56 Å². The van der Waals surface area contributed by atoms with Gasteiger partial charge in [0.1, 0.15) is 0 Å². The number of hydrogen-bond donors (Lipinski definition) is 1. The molecule has 0 aliphatic carbocycles. The van der Waals surface area contributed by atoms with Crippen molar-refractivity contribution in [2.24, 2.45) is 0 Å². The van der Waals surface area contributed by atoms with Crippen LogP contribution in [0.4, 0.5) is 8.78 Å². The fraction of sp³-hybridized carbons (Fsp3) is 0.167. The zero-order chi connectivity index (χ0) is 8.48. The van der Waals surface area contributed by atoms with Crippen LogP contribution in [0.25, 0.3) is 0 Å². The standard InChI is InChI=1S/C6H4ClF2NO/c7-6(8,9)4-1-2-5(11)10-3-4/h1-3H,(H,10,11). The highest BCUT2D eigenvalue weighted by molar-refractivity contribution is 6.21. The molecular formula is C6H4ClF2NO. The Bertz CT molecular complexity index is 284. The summed E-state index contributed by atoms with van der Waals surface area (Å²) in [5, 5.41) is -3.41. The number of hydrogen-bond acceptors (Lipinski definition) is 1. The summed E-state index contributed by atoms with van der Waals surface area (Å²) >= 11 is 4.66. The van der Waals surface area contributed by atoms with E-state index in [9.17, 15) is 13.6 Å². The molecule has 0 fully saturated rings. The van der Waals surface area contributed by atoms with Crippen molar-refractivity contribution in [3.63, 3.8) is 0 Å². The first kappa shape index (κ1) is 8.20. The van der Waals surface area contributed by atoms with Gasteiger partial charge in [-0.25, -0.2) is 0 Å². The number of H-pyrrole nitrogens is 1. The fourth-order valence-corrected chi connectivity index (χ4v) is 0.704. The Morgan fingerprint density at radius 1 is 1.45 bits per heavy atom. The Hall–Kier alpha value is -0.900. The van der Waals surface area contributed by atoms with Crippen LogP contribution in [0.15, 0.2) is 23.1 Å². The molecule has 0 aromatic carbocycles. The normalized spacial score (nSPS) is 11.5. The SMILES string of the molecule is O=c1ccc(C(F)(F)Cl)c[nH]1. The number of halogens is 3. The predicted octanol–water partition coefficient (Wildman–Crippen LogP) is 1.66. The number of aromatic amines is 1. The van der Waals surface area contributed by atoms with Crippen molar-refractivity contribution in [1.82, 2.24) is 4.98 Å². The fourth-order valence-electron chi connectivity index (χ4n) is 0.587. The lowest BCUT2D eigenvalue weighted by Gasteiger charge is -2.05. The minimum absolute atomic E-state index is 0.418. The highest BCUT2D eigenvalue weighted by atomic mass is 35.5. The van der Waals surface area contributed by atoms with Crippen LogP contribution in [-0.2, 0) is 5.38 Å². The van der Waals surface area contributed by atoms with Crippen LogP contribution in [0.2, 0.25) is 0 Å². The minimum atomic E-state index is -3.41. The van der Waals surface area contributed by atoms with E-state index in [2.05, 4.69) is 16.6 Å². The molecule has 5 heteroatoms. The number of rotatable bonds is 1. The van der Waals surface area contributed by atoms with Gasteiger partial charge < -0.3 is 4.98 Å². The van der Waals surface area contributed by atoms with E-state index in [0.717, 1.165) is 18.3 Å². The summed E-state index contributed by atoms with van der Waals surface area (Å²) < 4.78 is 24.5. The molecule has 0 radical (unpaired) electrons. The molecule has 1 heterocycles. The van der Waals surface area contributed by atoms with Crippen LogP contribution in [-0.4, -0.2) is 4.98 Å². The molecule has 1 aromatic heterocycles. The maximum Gasteiger partial charge on any atom is 0.349 e. The second kappa shape index (κ2) is 2.62. The first-order chi connectivity index (χ1) is 5.00. The second-order valence-corrected chi connectivity index (χ2v) is 2.41. The Balaban J connectivity index is 3.09. The van der Waals surface area contributed by atoms with Crippen molar-refractivity contribution < 1.29 is 8.78 Å². The summed E-state index contributed by atoms with van der Waals surface area (Å²) in [5.41, 5.74) is -0.853. The predicted molar refractivity (Wildman–Crippen MR) is 36.8 cm³/mol. The number of pyridine rings is 1. The van der Waals surface area contributed by atoms with Gasteiger partial charge >= 0.3 is 5.38 Å². The molecule has 60 valence electrons. The highest BCUT2D eigenvalue weighted by Crippen LogP contribution is 2.30. The van der Waals surface area contributed by atoms with Crippen molar-refractivity contribution in [2.75, 3.05) is 0 Å². The Morgan fingerprint density at radius 2 is 2.09 bits per heavy atom. The summed E-state index contributed by atoms with van der Waals surface area (Å²) in [7, 11) is 0. The lowest BCUT2D eigenvalue weighted by Crippen LogP contribution is -2.09. The lowest BCUT2D eigenvalue weighted by molar-refractivity contribution is 0.0947. The molecule has 0 atom stereocenters. The topological polar surface area (TPSA) is 32.9 Å².